The third-order valence-electron chi connectivity index (χ3n) is 5.51. The number of carboxylic acids is 1. The summed E-state index contributed by atoms with van der Waals surface area (Å²) >= 11 is 0. The molecule has 13 nitrogen and oxygen atoms in total. The minimum atomic E-state index is -1.32. The normalized spacial score (nSPS) is 38.5. The average Bonchev–Trinajstić information content (AvgIpc) is 2.79. The molecular formula is C20H36N2O11. The standard InChI is InChI=1S/C17H32N2O9.C3H4O2/c1-4-8-9(5-20)26-16(11(18)13(8)23)28-15-10(6-21)27-17(25-3)12(14(15)24)19-7(2)22;1-2-3(4)5/h8-17,20-21,23-24H,4-6,18H2,1-3H3,(H,19,22);2H,1H2,(H,4,5). The predicted molar refractivity (Wildman–Crippen MR) is 113 cm³/mol. The van der Waals surface area contributed by atoms with Gasteiger partial charge in [0.05, 0.1) is 31.5 Å². The second-order valence-electron chi connectivity index (χ2n) is 7.69. The highest BCUT2D eigenvalue weighted by Gasteiger charge is 2.50. The van der Waals surface area contributed by atoms with Crippen LogP contribution in [0.5, 0.6) is 0 Å². The van der Waals surface area contributed by atoms with Crippen molar-refractivity contribution in [1.29, 1.82) is 0 Å². The molecule has 2 heterocycles. The molecule has 0 radical (unpaired) electrons. The lowest BCUT2D eigenvalue weighted by molar-refractivity contribution is -0.324. The van der Waals surface area contributed by atoms with Crippen LogP contribution >= 0.6 is 0 Å². The lowest BCUT2D eigenvalue weighted by Crippen LogP contribution is -2.67. The molecule has 0 bridgehead atoms. The van der Waals surface area contributed by atoms with Crippen molar-refractivity contribution in [3.63, 3.8) is 0 Å². The Balaban J connectivity index is 0.000000981. The van der Waals surface area contributed by atoms with E-state index < -0.39 is 73.7 Å². The number of ether oxygens (including phenoxy) is 4. The lowest BCUT2D eigenvalue weighted by Gasteiger charge is -2.48. The van der Waals surface area contributed by atoms with Crippen LogP contribution in [0.2, 0.25) is 0 Å². The van der Waals surface area contributed by atoms with Gasteiger partial charge in [-0.3, -0.25) is 4.79 Å². The van der Waals surface area contributed by atoms with Crippen molar-refractivity contribution in [1.82, 2.24) is 5.32 Å². The van der Waals surface area contributed by atoms with Crippen LogP contribution in [0, 0.1) is 5.92 Å². The van der Waals surface area contributed by atoms with Crippen molar-refractivity contribution in [2.75, 3.05) is 20.3 Å². The second kappa shape index (κ2) is 13.9. The molecule has 2 aliphatic heterocycles. The van der Waals surface area contributed by atoms with Gasteiger partial charge < -0.3 is 55.5 Å². The van der Waals surface area contributed by atoms with Crippen LogP contribution in [0.25, 0.3) is 0 Å². The molecule has 0 aliphatic carbocycles. The van der Waals surface area contributed by atoms with Gasteiger partial charge in [0.2, 0.25) is 5.91 Å². The number of carboxylic acid groups (broad SMARTS) is 1. The molecule has 8 N–H and O–H groups in total. The van der Waals surface area contributed by atoms with Crippen molar-refractivity contribution in [2.45, 2.75) is 75.5 Å². The van der Waals surface area contributed by atoms with Gasteiger partial charge in [0.1, 0.15) is 24.4 Å². The van der Waals surface area contributed by atoms with Crippen molar-refractivity contribution >= 4 is 11.9 Å². The first-order valence-electron chi connectivity index (χ1n) is 10.5. The van der Waals surface area contributed by atoms with Gasteiger partial charge >= 0.3 is 5.97 Å². The summed E-state index contributed by atoms with van der Waals surface area (Å²) in [7, 11) is 1.34. The zero-order valence-corrected chi connectivity index (χ0v) is 18.9. The highest BCUT2D eigenvalue weighted by atomic mass is 16.7. The molecule has 0 saturated carbocycles. The fraction of sp³-hybridized carbons (Fsp3) is 0.800. The largest absolute Gasteiger partial charge is 0.478 e. The first-order chi connectivity index (χ1) is 15.6. The minimum Gasteiger partial charge on any atom is -0.478 e. The lowest BCUT2D eigenvalue weighted by atomic mass is 9.86. The predicted octanol–water partition coefficient (Wildman–Crippen LogP) is -2.71. The number of rotatable bonds is 8. The van der Waals surface area contributed by atoms with Crippen LogP contribution in [0.4, 0.5) is 0 Å². The van der Waals surface area contributed by atoms with Crippen molar-refractivity contribution in [3.8, 4) is 0 Å². The number of hydrogen-bond acceptors (Lipinski definition) is 11. The highest BCUT2D eigenvalue weighted by Crippen LogP contribution is 2.31. The fourth-order valence-corrected chi connectivity index (χ4v) is 3.82. The second-order valence-corrected chi connectivity index (χ2v) is 7.69. The summed E-state index contributed by atoms with van der Waals surface area (Å²) < 4.78 is 22.3. The molecular weight excluding hydrogens is 444 g/mol. The van der Waals surface area contributed by atoms with Crippen LogP contribution in [0.15, 0.2) is 12.7 Å². The molecule has 2 rings (SSSR count). The molecule has 0 spiro atoms. The molecule has 0 aromatic rings. The van der Waals surface area contributed by atoms with Gasteiger partial charge in [0.15, 0.2) is 12.6 Å². The summed E-state index contributed by atoms with van der Waals surface area (Å²) in [5.74, 6) is -1.76. The third-order valence-corrected chi connectivity index (χ3v) is 5.51. The average molecular weight is 481 g/mol. The smallest absolute Gasteiger partial charge is 0.327 e. The molecule has 33 heavy (non-hydrogen) atoms. The van der Waals surface area contributed by atoms with Gasteiger partial charge in [-0.05, 0) is 6.42 Å². The van der Waals surface area contributed by atoms with Gasteiger partial charge in [-0.2, -0.15) is 0 Å². The number of nitrogens with one attached hydrogen (secondary N) is 1. The number of aliphatic carboxylic acids is 1. The summed E-state index contributed by atoms with van der Waals surface area (Å²) in [5, 5.41) is 50.6. The van der Waals surface area contributed by atoms with Crippen LogP contribution in [-0.4, -0.2) is 113 Å². The van der Waals surface area contributed by atoms with Crippen molar-refractivity contribution in [2.24, 2.45) is 11.7 Å². The number of carbonyl (C=O) groups is 2. The maximum Gasteiger partial charge on any atom is 0.327 e. The Hall–Kier alpha value is -1.68. The molecule has 13 heteroatoms. The topological polar surface area (TPSA) is 210 Å². The molecule has 2 aliphatic rings. The summed E-state index contributed by atoms with van der Waals surface area (Å²) in [6, 6.07) is -1.91. The first-order valence-corrected chi connectivity index (χ1v) is 10.5. The van der Waals surface area contributed by atoms with E-state index in [4.69, 9.17) is 29.8 Å². The Morgan fingerprint density at radius 3 is 2.09 bits per heavy atom. The van der Waals surface area contributed by atoms with E-state index in [-0.39, 0.29) is 12.5 Å². The molecule has 0 aromatic carbocycles. The van der Waals surface area contributed by atoms with Crippen LogP contribution in [0.3, 0.4) is 0 Å². The molecule has 10 atom stereocenters. The van der Waals surface area contributed by atoms with Gasteiger partial charge in [0.25, 0.3) is 0 Å². The maximum atomic E-state index is 11.5. The number of amides is 1. The Kier molecular flexibility index (Phi) is 12.4. The van der Waals surface area contributed by atoms with Gasteiger partial charge in [-0.15, -0.1) is 0 Å². The van der Waals surface area contributed by atoms with E-state index in [0.717, 1.165) is 6.08 Å². The van der Waals surface area contributed by atoms with Crippen molar-refractivity contribution in [3.05, 3.63) is 12.7 Å². The Bertz CT molecular complexity index is 635. The number of aliphatic hydroxyl groups excluding tert-OH is 4. The van der Waals surface area contributed by atoms with E-state index in [1.807, 2.05) is 6.92 Å². The van der Waals surface area contributed by atoms with E-state index in [1.54, 1.807) is 0 Å². The first kappa shape index (κ1) is 29.4. The van der Waals surface area contributed by atoms with E-state index >= 15 is 0 Å². The van der Waals surface area contributed by atoms with Crippen LogP contribution in [-0.2, 0) is 28.5 Å². The maximum absolute atomic E-state index is 11.5. The quantitative estimate of drug-likeness (QED) is 0.177. The number of aliphatic hydroxyl groups is 4. The van der Waals surface area contributed by atoms with Gasteiger partial charge in [0, 0.05) is 26.0 Å². The van der Waals surface area contributed by atoms with Gasteiger partial charge in [-0.25, -0.2) is 4.79 Å². The van der Waals surface area contributed by atoms with E-state index in [2.05, 4.69) is 11.9 Å². The summed E-state index contributed by atoms with van der Waals surface area (Å²) in [6.07, 6.45) is -5.92. The summed E-state index contributed by atoms with van der Waals surface area (Å²) in [4.78, 5) is 20.7. The van der Waals surface area contributed by atoms with Crippen LogP contribution in [0.1, 0.15) is 20.3 Å². The molecule has 10 unspecified atom stereocenters. The van der Waals surface area contributed by atoms with E-state index in [0.29, 0.717) is 6.42 Å². The summed E-state index contributed by atoms with van der Waals surface area (Å²) in [6.45, 7) is 5.25. The van der Waals surface area contributed by atoms with Crippen molar-refractivity contribution < 1.29 is 54.1 Å². The monoisotopic (exact) mass is 480 g/mol. The van der Waals surface area contributed by atoms with Crippen LogP contribution < -0.4 is 11.1 Å². The van der Waals surface area contributed by atoms with Gasteiger partial charge in [-0.1, -0.05) is 13.5 Å². The fourth-order valence-electron chi connectivity index (χ4n) is 3.82. The Labute approximate surface area is 192 Å². The Morgan fingerprint density at radius 2 is 1.67 bits per heavy atom. The summed E-state index contributed by atoms with van der Waals surface area (Å²) in [5.41, 5.74) is 6.06. The number of nitrogens with two attached hydrogens (primary N) is 1. The zero-order valence-electron chi connectivity index (χ0n) is 18.9. The number of hydrogen-bond donors (Lipinski definition) is 7. The Morgan fingerprint density at radius 1 is 1.12 bits per heavy atom. The number of carbonyl (C=O) groups excluding carboxylic acids is 1. The zero-order chi connectivity index (χ0) is 25.3. The third kappa shape index (κ3) is 7.67. The highest BCUT2D eigenvalue weighted by molar-refractivity contribution is 5.78. The molecule has 1 amide bonds. The minimum absolute atomic E-state index is 0.338. The molecule has 2 saturated heterocycles. The SMILES string of the molecule is C=CC(=O)O.CCC1C(CO)OC(OC2C(CO)OC(OC)C(NC(C)=O)C2O)C(N)C1O. The molecule has 192 valence electrons. The van der Waals surface area contributed by atoms with E-state index in [9.17, 15) is 30.0 Å². The molecule has 2 fully saturated rings. The molecule has 0 aromatic heterocycles. The van der Waals surface area contributed by atoms with E-state index in [1.165, 1.54) is 14.0 Å². The number of methoxy groups -OCH3 is 1.